The van der Waals surface area contributed by atoms with Crippen molar-refractivity contribution in [1.29, 1.82) is 0 Å². The summed E-state index contributed by atoms with van der Waals surface area (Å²) in [5.74, 6) is 0. The number of rotatable bonds is 3. The van der Waals surface area contributed by atoms with Crippen LogP contribution in [0.25, 0.3) is 0 Å². The Labute approximate surface area is 99.1 Å². The predicted molar refractivity (Wildman–Crippen MR) is 44.2 cm³/mol. The van der Waals surface area contributed by atoms with Crippen molar-refractivity contribution in [2.24, 2.45) is 0 Å². The van der Waals surface area contributed by atoms with E-state index < -0.39 is 6.10 Å². The third kappa shape index (κ3) is 32.0. The van der Waals surface area contributed by atoms with Crippen molar-refractivity contribution in [2.45, 2.75) is 6.10 Å². The number of aliphatic hydroxyl groups excluding tert-OH is 2. The van der Waals surface area contributed by atoms with Crippen LogP contribution in [0, 0.1) is 20.0 Å². The quantitative estimate of drug-likeness (QED) is 0.319. The molecule has 5 nitrogen and oxygen atoms in total. The maximum absolute atomic E-state index is 8.71. The normalized spacial score (nSPS) is 7.20. The van der Waals surface area contributed by atoms with Crippen LogP contribution in [0.3, 0.4) is 0 Å². The topological polar surface area (TPSA) is 100 Å². The third-order valence-corrected chi connectivity index (χ3v) is 0.863. The van der Waals surface area contributed by atoms with E-state index in [1.54, 1.807) is 0 Å². The monoisotopic (exact) mass is 254 g/mol. The summed E-state index contributed by atoms with van der Waals surface area (Å²) >= 11 is 0. The Hall–Kier alpha value is -0.861. The summed E-state index contributed by atoms with van der Waals surface area (Å²) in [6.45, 7) is 20.0. The van der Waals surface area contributed by atoms with Crippen molar-refractivity contribution in [2.75, 3.05) is 6.61 Å². The van der Waals surface area contributed by atoms with Crippen LogP contribution in [-0.4, -0.2) is 22.9 Å². The molecule has 0 saturated carbocycles. The summed E-state index contributed by atoms with van der Waals surface area (Å²) in [6, 6.07) is 0. The molecule has 0 bridgehead atoms. The van der Waals surface area contributed by atoms with Gasteiger partial charge in [0.05, 0.1) is 6.61 Å². The Kier molecular flexibility index (Phi) is 74.0. The largest absolute Gasteiger partial charge is 0 e. The van der Waals surface area contributed by atoms with Gasteiger partial charge in [-0.25, -0.2) is 0 Å². The van der Waals surface area contributed by atoms with Crippen LogP contribution in [0.5, 0.6) is 0 Å². The first kappa shape index (κ1) is 29.2. The molecule has 15 heavy (non-hydrogen) atoms. The van der Waals surface area contributed by atoms with E-state index in [4.69, 9.17) is 24.2 Å². The van der Waals surface area contributed by atoms with E-state index in [0.717, 1.165) is 0 Å². The van der Waals surface area contributed by atoms with E-state index in [1.807, 2.05) is 0 Å². The van der Waals surface area contributed by atoms with Crippen molar-refractivity contribution >= 4 is 0 Å². The number of hydrogen-bond donors (Lipinski definition) is 2. The van der Waals surface area contributed by atoms with Crippen LogP contribution in [0.1, 0.15) is 0 Å². The van der Waals surface area contributed by atoms with Gasteiger partial charge in [-0.15, -0.1) is 0 Å². The molecule has 1 atom stereocenters. The van der Waals surface area contributed by atoms with E-state index >= 15 is 0 Å². The van der Waals surface area contributed by atoms with Gasteiger partial charge in [0.1, 0.15) is 6.10 Å². The molecule has 0 aliphatic rings. The molecule has 0 aliphatic carbocycles. The van der Waals surface area contributed by atoms with Crippen molar-refractivity contribution < 1.29 is 41.2 Å². The predicted octanol–water partition coefficient (Wildman–Crippen LogP) is -0.0332. The molecule has 0 aromatic heterocycles. The molecular formula is C9H10FeO5. The molecule has 0 saturated heterocycles. The van der Waals surface area contributed by atoms with Crippen molar-refractivity contribution in [3.05, 3.63) is 44.8 Å². The van der Waals surface area contributed by atoms with Gasteiger partial charge in [0, 0.05) is 17.1 Å². The molecule has 0 fully saturated rings. The van der Waals surface area contributed by atoms with E-state index in [2.05, 4.69) is 33.1 Å². The van der Waals surface area contributed by atoms with Gasteiger partial charge in [0.2, 0.25) is 0 Å². The van der Waals surface area contributed by atoms with Gasteiger partial charge in [-0.3, -0.25) is 0 Å². The van der Waals surface area contributed by atoms with E-state index in [0.29, 0.717) is 5.57 Å². The summed E-state index contributed by atoms with van der Waals surface area (Å²) in [6.07, 6.45) is 0.577. The Bertz CT molecular complexity index is 180. The second-order valence-corrected chi connectivity index (χ2v) is 1.48. The Balaban J connectivity index is -0.0000000410. The minimum Gasteiger partial charge on any atom is 0 e. The molecule has 0 radical (unpaired) electrons. The maximum Gasteiger partial charge on any atom is 0 e. The molecular weight excluding hydrogens is 244 g/mol. The Morgan fingerprint density at radius 1 is 1.20 bits per heavy atom. The van der Waals surface area contributed by atoms with Gasteiger partial charge in [-0.1, -0.05) is 19.2 Å². The summed E-state index contributed by atoms with van der Waals surface area (Å²) < 4.78 is 22.5. The number of hydrogen-bond acceptors (Lipinski definition) is 2. The zero-order valence-corrected chi connectivity index (χ0v) is 8.85. The Morgan fingerprint density at radius 2 is 1.47 bits per heavy atom. The minimum atomic E-state index is -0.840. The van der Waals surface area contributed by atoms with Gasteiger partial charge in [-0.05, 0) is 5.57 Å². The second kappa shape index (κ2) is 38.0. The van der Waals surface area contributed by atoms with Crippen LogP contribution in [0.4, 0.5) is 0 Å². The molecule has 84 valence electrons. The third-order valence-electron chi connectivity index (χ3n) is 0.863. The summed E-state index contributed by atoms with van der Waals surface area (Å²) in [7, 11) is 0. The second-order valence-electron chi connectivity index (χ2n) is 1.48. The smallest absolute Gasteiger partial charge is 0 e. The molecule has 0 spiro atoms. The summed E-state index contributed by atoms with van der Waals surface area (Å²) in [5.41, 5.74) is 0.451. The van der Waals surface area contributed by atoms with Crippen LogP contribution >= 0.6 is 0 Å². The SMILES string of the molecule is C=CC(=C)[C@@H](O)CO.[C-]#[O+].[C-]#[O+].[C-]#[O+].[Fe]. The molecule has 0 aromatic carbocycles. The van der Waals surface area contributed by atoms with Crippen molar-refractivity contribution in [1.82, 2.24) is 0 Å². The van der Waals surface area contributed by atoms with Crippen LogP contribution < -0.4 is 0 Å². The zero-order valence-electron chi connectivity index (χ0n) is 7.75. The van der Waals surface area contributed by atoms with Crippen LogP contribution in [0.15, 0.2) is 24.8 Å². The van der Waals surface area contributed by atoms with Gasteiger partial charge < -0.3 is 10.2 Å². The Morgan fingerprint density at radius 3 is 1.53 bits per heavy atom. The molecule has 0 rings (SSSR count). The van der Waals surface area contributed by atoms with Crippen molar-refractivity contribution in [3.63, 3.8) is 0 Å². The van der Waals surface area contributed by atoms with E-state index in [9.17, 15) is 0 Å². The molecule has 0 aliphatic heterocycles. The van der Waals surface area contributed by atoms with Crippen LogP contribution in [0.2, 0.25) is 0 Å². The fourth-order valence-corrected chi connectivity index (χ4v) is 0.253. The fourth-order valence-electron chi connectivity index (χ4n) is 0.253. The maximum atomic E-state index is 8.71. The average Bonchev–Trinajstić information content (AvgIpc) is 2.34. The van der Waals surface area contributed by atoms with Gasteiger partial charge >= 0.3 is 33.9 Å². The molecule has 0 amide bonds. The van der Waals surface area contributed by atoms with Crippen molar-refractivity contribution in [3.8, 4) is 0 Å². The van der Waals surface area contributed by atoms with Gasteiger partial charge in [-0.2, -0.15) is 0 Å². The van der Waals surface area contributed by atoms with Gasteiger partial charge in [0.15, 0.2) is 0 Å². The van der Waals surface area contributed by atoms with E-state index in [1.165, 1.54) is 6.08 Å². The first-order valence-corrected chi connectivity index (χ1v) is 2.93. The fraction of sp³-hybridized carbons (Fsp3) is 0.222. The molecule has 6 heteroatoms. The summed E-state index contributed by atoms with van der Waals surface area (Å²) in [5, 5.41) is 17.0. The molecule has 2 N–H and O–H groups in total. The minimum absolute atomic E-state index is 0. The first-order valence-electron chi connectivity index (χ1n) is 2.93. The average molecular weight is 254 g/mol. The zero-order chi connectivity index (χ0) is 12.6. The van der Waals surface area contributed by atoms with E-state index in [-0.39, 0.29) is 23.7 Å². The summed E-state index contributed by atoms with van der Waals surface area (Å²) in [4.78, 5) is 0. The van der Waals surface area contributed by atoms with Crippen LogP contribution in [-0.2, 0) is 31.0 Å². The first-order chi connectivity index (χ1) is 6.72. The standard InChI is InChI=1S/C6H10O2.3CO.Fe/c1-3-5(2)6(8)4-7;3*1-2;/h3,6-8H,1-2,4H2;;;;/t6-;;;;/m0..../s1. The molecule has 0 heterocycles. The number of aliphatic hydroxyl groups is 2. The molecule has 0 aromatic rings. The molecule has 0 unspecified atom stereocenters. The van der Waals surface area contributed by atoms with Gasteiger partial charge in [0.25, 0.3) is 0 Å².